The van der Waals surface area contributed by atoms with Crippen LogP contribution in [0.1, 0.15) is 12.5 Å². The number of hydrogen-bond donors (Lipinski definition) is 2. The number of hydrogen-bond acceptors (Lipinski definition) is 4. The highest BCUT2D eigenvalue weighted by Crippen LogP contribution is 2.16. The molecule has 1 aromatic carbocycles. The van der Waals surface area contributed by atoms with E-state index < -0.39 is 10.0 Å². The van der Waals surface area contributed by atoms with Crippen molar-refractivity contribution in [2.45, 2.75) is 24.9 Å². The maximum Gasteiger partial charge on any atom is 0.246 e. The zero-order valence-electron chi connectivity index (χ0n) is 10.9. The molecule has 0 aliphatic carbocycles. The maximum atomic E-state index is 12.8. The number of nitrogens with one attached hydrogen (secondary N) is 1. The van der Waals surface area contributed by atoms with E-state index in [1.807, 2.05) is 6.92 Å². The first kappa shape index (κ1) is 14.5. The van der Waals surface area contributed by atoms with Gasteiger partial charge in [-0.2, -0.15) is 5.10 Å². The van der Waals surface area contributed by atoms with Gasteiger partial charge >= 0.3 is 0 Å². The van der Waals surface area contributed by atoms with Gasteiger partial charge in [-0.25, -0.2) is 17.5 Å². The second kappa shape index (κ2) is 5.59. The molecule has 0 saturated carbocycles. The summed E-state index contributed by atoms with van der Waals surface area (Å²) in [5, 5.41) is 3.89. The van der Waals surface area contributed by atoms with Gasteiger partial charge in [0.1, 0.15) is 10.7 Å². The summed E-state index contributed by atoms with van der Waals surface area (Å²) >= 11 is 0. The maximum absolute atomic E-state index is 12.8. The third-order valence-corrected chi connectivity index (χ3v) is 4.17. The molecular weight excluding hydrogens is 283 g/mol. The van der Waals surface area contributed by atoms with Crippen molar-refractivity contribution in [3.05, 3.63) is 41.8 Å². The minimum absolute atomic E-state index is 0.0431. The highest BCUT2D eigenvalue weighted by Gasteiger charge is 2.20. The molecule has 20 heavy (non-hydrogen) atoms. The third-order valence-electron chi connectivity index (χ3n) is 2.75. The molecule has 0 spiro atoms. The zero-order chi connectivity index (χ0) is 14.8. The fourth-order valence-corrected chi connectivity index (χ4v) is 2.73. The van der Waals surface area contributed by atoms with Crippen LogP contribution in [0.5, 0.6) is 0 Å². The Bertz CT molecular complexity index is 695. The lowest BCUT2D eigenvalue weighted by atomic mass is 10.2. The van der Waals surface area contributed by atoms with Crippen LogP contribution in [0, 0.1) is 5.82 Å². The number of benzene rings is 1. The van der Waals surface area contributed by atoms with Crippen LogP contribution in [0.3, 0.4) is 0 Å². The Morgan fingerprint density at radius 2 is 2.00 bits per heavy atom. The Labute approximate surface area is 116 Å². The van der Waals surface area contributed by atoms with Gasteiger partial charge in [0.15, 0.2) is 5.82 Å². The van der Waals surface area contributed by atoms with Crippen molar-refractivity contribution < 1.29 is 12.8 Å². The molecular formula is C12H15FN4O2S. The number of nitrogens with two attached hydrogens (primary N) is 1. The molecule has 0 fully saturated rings. The Morgan fingerprint density at radius 3 is 2.55 bits per heavy atom. The summed E-state index contributed by atoms with van der Waals surface area (Å²) < 4.78 is 40.8. The normalized spacial score (nSPS) is 11.7. The number of anilines is 1. The largest absolute Gasteiger partial charge is 0.381 e. The fourth-order valence-electron chi connectivity index (χ4n) is 1.65. The average molecular weight is 298 g/mol. The zero-order valence-corrected chi connectivity index (χ0v) is 11.7. The second-order valence-corrected chi connectivity index (χ2v) is 5.92. The van der Waals surface area contributed by atoms with Crippen LogP contribution in [-0.2, 0) is 23.1 Å². The number of aromatic nitrogens is 2. The first-order valence-electron chi connectivity index (χ1n) is 5.99. The first-order valence-corrected chi connectivity index (χ1v) is 7.47. The van der Waals surface area contributed by atoms with Crippen LogP contribution < -0.4 is 10.5 Å². The summed E-state index contributed by atoms with van der Waals surface area (Å²) in [5.74, 6) is -0.413. The van der Waals surface area contributed by atoms with Crippen molar-refractivity contribution in [2.24, 2.45) is 0 Å². The van der Waals surface area contributed by atoms with Crippen LogP contribution in [-0.4, -0.2) is 18.2 Å². The van der Waals surface area contributed by atoms with Crippen LogP contribution in [0.2, 0.25) is 0 Å². The van der Waals surface area contributed by atoms with Crippen LogP contribution in [0.15, 0.2) is 35.4 Å². The quantitative estimate of drug-likeness (QED) is 0.865. The van der Waals surface area contributed by atoms with Crippen molar-refractivity contribution in [1.82, 2.24) is 14.5 Å². The van der Waals surface area contributed by atoms with Gasteiger partial charge in [0.05, 0.1) is 0 Å². The summed E-state index contributed by atoms with van der Waals surface area (Å²) in [5.41, 5.74) is 6.24. The molecule has 2 aromatic rings. The van der Waals surface area contributed by atoms with Gasteiger partial charge in [0, 0.05) is 19.3 Å². The predicted molar refractivity (Wildman–Crippen MR) is 72.7 cm³/mol. The molecule has 6 nitrogen and oxygen atoms in total. The van der Waals surface area contributed by atoms with Crippen molar-refractivity contribution in [3.8, 4) is 0 Å². The smallest absolute Gasteiger partial charge is 0.246 e. The molecule has 0 unspecified atom stereocenters. The lowest BCUT2D eigenvalue weighted by molar-refractivity contribution is 0.581. The molecule has 0 amide bonds. The van der Waals surface area contributed by atoms with Gasteiger partial charge in [-0.15, -0.1) is 0 Å². The summed E-state index contributed by atoms with van der Waals surface area (Å²) in [6, 6.07) is 5.56. The molecule has 0 aliphatic heterocycles. The first-order chi connectivity index (χ1) is 9.42. The molecule has 0 bridgehead atoms. The van der Waals surface area contributed by atoms with Gasteiger partial charge in [-0.1, -0.05) is 12.1 Å². The van der Waals surface area contributed by atoms with Gasteiger partial charge in [-0.05, 0) is 24.6 Å². The lowest BCUT2D eigenvalue weighted by Crippen LogP contribution is -2.23. The standard InChI is InChI=1S/C12H15FN4O2S/c1-2-17-8-11(12(14)16-17)20(18,19)15-7-9-3-5-10(13)6-4-9/h3-6,8,15H,2,7H2,1H3,(H2,14,16). The third kappa shape index (κ3) is 3.14. The summed E-state index contributed by atoms with van der Waals surface area (Å²) in [6.07, 6.45) is 1.38. The molecule has 1 aromatic heterocycles. The number of rotatable bonds is 5. The van der Waals surface area contributed by atoms with E-state index in [1.165, 1.54) is 35.1 Å². The van der Waals surface area contributed by atoms with Crippen LogP contribution >= 0.6 is 0 Å². The average Bonchev–Trinajstić information content (AvgIpc) is 2.80. The van der Waals surface area contributed by atoms with E-state index in [-0.39, 0.29) is 23.1 Å². The Balaban J connectivity index is 2.14. The van der Waals surface area contributed by atoms with E-state index in [0.717, 1.165) is 0 Å². The van der Waals surface area contributed by atoms with Crippen LogP contribution in [0.4, 0.5) is 10.2 Å². The van der Waals surface area contributed by atoms with Crippen molar-refractivity contribution in [2.75, 3.05) is 5.73 Å². The number of sulfonamides is 1. The van der Waals surface area contributed by atoms with E-state index in [2.05, 4.69) is 9.82 Å². The number of aryl methyl sites for hydroxylation is 1. The van der Waals surface area contributed by atoms with Crippen molar-refractivity contribution in [3.63, 3.8) is 0 Å². The monoisotopic (exact) mass is 298 g/mol. The topological polar surface area (TPSA) is 90.0 Å². The number of nitrogens with zero attached hydrogens (tertiary/aromatic N) is 2. The Hall–Kier alpha value is -1.93. The molecule has 0 saturated heterocycles. The van der Waals surface area contributed by atoms with E-state index >= 15 is 0 Å². The molecule has 0 aliphatic rings. The highest BCUT2D eigenvalue weighted by molar-refractivity contribution is 7.89. The molecule has 0 radical (unpaired) electrons. The van der Waals surface area contributed by atoms with Gasteiger partial charge in [0.2, 0.25) is 10.0 Å². The highest BCUT2D eigenvalue weighted by atomic mass is 32.2. The minimum Gasteiger partial charge on any atom is -0.381 e. The molecule has 3 N–H and O–H groups in total. The molecule has 108 valence electrons. The summed E-state index contributed by atoms with van der Waals surface area (Å²) in [6.45, 7) is 2.41. The second-order valence-electron chi connectivity index (χ2n) is 4.19. The minimum atomic E-state index is -3.74. The molecule has 0 atom stereocenters. The van der Waals surface area contributed by atoms with Gasteiger partial charge in [0.25, 0.3) is 0 Å². The van der Waals surface area contributed by atoms with Gasteiger partial charge in [-0.3, -0.25) is 4.68 Å². The predicted octanol–water partition coefficient (Wildman–Crippen LogP) is 1.10. The van der Waals surface area contributed by atoms with Crippen molar-refractivity contribution >= 4 is 15.8 Å². The Kier molecular flexibility index (Phi) is 4.05. The van der Waals surface area contributed by atoms with Crippen molar-refractivity contribution in [1.29, 1.82) is 0 Å². The number of halogens is 1. The van der Waals surface area contributed by atoms with E-state index in [1.54, 1.807) is 0 Å². The van der Waals surface area contributed by atoms with Gasteiger partial charge < -0.3 is 5.73 Å². The lowest BCUT2D eigenvalue weighted by Gasteiger charge is -2.05. The van der Waals surface area contributed by atoms with E-state index in [4.69, 9.17) is 5.73 Å². The summed E-state index contributed by atoms with van der Waals surface area (Å²) in [4.78, 5) is -0.0542. The SMILES string of the molecule is CCn1cc(S(=O)(=O)NCc2ccc(F)cc2)c(N)n1. The Morgan fingerprint density at radius 1 is 1.35 bits per heavy atom. The summed E-state index contributed by atoms with van der Waals surface area (Å²) in [7, 11) is -3.74. The van der Waals surface area contributed by atoms with E-state index in [9.17, 15) is 12.8 Å². The van der Waals surface area contributed by atoms with E-state index in [0.29, 0.717) is 12.1 Å². The molecule has 2 rings (SSSR count). The van der Waals surface area contributed by atoms with Crippen LogP contribution in [0.25, 0.3) is 0 Å². The molecule has 8 heteroatoms. The number of nitrogen functional groups attached to an aromatic ring is 1. The fraction of sp³-hybridized carbons (Fsp3) is 0.250. The molecule has 1 heterocycles.